The van der Waals surface area contributed by atoms with Crippen LogP contribution in [0.3, 0.4) is 0 Å². The van der Waals surface area contributed by atoms with Crippen LogP contribution in [0.15, 0.2) is 29.2 Å². The monoisotopic (exact) mass is 391 g/mol. The number of nitrogens with zero attached hydrogens (tertiary/aromatic N) is 3. The third-order valence-corrected chi connectivity index (χ3v) is 7.79. The molecule has 3 fully saturated rings. The molecule has 0 unspecified atom stereocenters. The molecule has 0 N–H and O–H groups in total. The fourth-order valence-electron chi connectivity index (χ4n) is 4.02. The Bertz CT molecular complexity index is 822. The lowest BCUT2D eigenvalue weighted by atomic mass is 9.97. The normalized spacial score (nSPS) is 23.8. The van der Waals surface area contributed by atoms with Gasteiger partial charge in [0.1, 0.15) is 0 Å². The highest BCUT2D eigenvalue weighted by molar-refractivity contribution is 7.89. The van der Waals surface area contributed by atoms with E-state index in [2.05, 4.69) is 11.8 Å². The zero-order valence-electron chi connectivity index (χ0n) is 15.5. The van der Waals surface area contributed by atoms with Crippen molar-refractivity contribution in [3.8, 4) is 0 Å². The highest BCUT2D eigenvalue weighted by Gasteiger charge is 2.40. The van der Waals surface area contributed by atoms with Crippen molar-refractivity contribution in [3.05, 3.63) is 24.3 Å². The van der Waals surface area contributed by atoms with Crippen LogP contribution in [-0.2, 0) is 19.6 Å². The molecule has 3 aliphatic heterocycles. The Labute approximate surface area is 160 Å². The second kappa shape index (κ2) is 7.00. The fourth-order valence-corrected chi connectivity index (χ4v) is 5.53. The van der Waals surface area contributed by atoms with Crippen LogP contribution in [0.25, 0.3) is 0 Å². The van der Waals surface area contributed by atoms with Crippen molar-refractivity contribution in [2.45, 2.75) is 43.5 Å². The Morgan fingerprint density at radius 3 is 2.04 bits per heavy atom. The lowest BCUT2D eigenvalue weighted by molar-refractivity contribution is -0.121. The van der Waals surface area contributed by atoms with E-state index in [1.54, 1.807) is 0 Å². The topological polar surface area (TPSA) is 78.0 Å². The number of hydrogen-bond acceptors (Lipinski definition) is 5. The molecule has 3 saturated heterocycles. The third-order valence-electron chi connectivity index (χ3n) is 5.95. The number of sulfonamides is 1. The molecule has 146 valence electrons. The third kappa shape index (κ3) is 3.41. The van der Waals surface area contributed by atoms with E-state index >= 15 is 0 Å². The van der Waals surface area contributed by atoms with E-state index in [0.29, 0.717) is 24.8 Å². The molecular formula is C19H25N3O4S. The number of piperidine rings is 1. The number of imide groups is 1. The molecular weight excluding hydrogens is 366 g/mol. The Hall–Kier alpha value is -1.77. The smallest absolute Gasteiger partial charge is 0.243 e. The maximum Gasteiger partial charge on any atom is 0.243 e. The van der Waals surface area contributed by atoms with E-state index in [9.17, 15) is 18.0 Å². The van der Waals surface area contributed by atoms with Gasteiger partial charge in [0.05, 0.1) is 10.6 Å². The Kier molecular flexibility index (Phi) is 4.82. The van der Waals surface area contributed by atoms with Gasteiger partial charge in [-0.15, -0.1) is 0 Å². The van der Waals surface area contributed by atoms with E-state index in [-0.39, 0.29) is 29.6 Å². The predicted molar refractivity (Wildman–Crippen MR) is 101 cm³/mol. The Morgan fingerprint density at radius 1 is 0.926 bits per heavy atom. The number of hydrogen-bond donors (Lipinski definition) is 0. The zero-order valence-corrected chi connectivity index (χ0v) is 16.3. The maximum absolute atomic E-state index is 12.8. The minimum atomic E-state index is -3.53. The fraction of sp³-hybridized carbons (Fsp3) is 0.579. The molecule has 3 heterocycles. The van der Waals surface area contributed by atoms with Crippen molar-refractivity contribution in [3.63, 3.8) is 0 Å². The second-order valence-electron chi connectivity index (χ2n) is 7.81. The van der Waals surface area contributed by atoms with Crippen molar-refractivity contribution in [1.29, 1.82) is 0 Å². The predicted octanol–water partition coefficient (Wildman–Crippen LogP) is 1.44. The minimum Gasteiger partial charge on any atom is -0.298 e. The minimum absolute atomic E-state index is 0.205. The molecule has 4 rings (SSSR count). The summed E-state index contributed by atoms with van der Waals surface area (Å²) in [5.74, 6) is 0.281. The van der Waals surface area contributed by atoms with Gasteiger partial charge in [-0.05, 0) is 56.1 Å². The number of amides is 2. The Balaban J connectivity index is 1.41. The van der Waals surface area contributed by atoms with Crippen LogP contribution in [0.4, 0.5) is 5.69 Å². The van der Waals surface area contributed by atoms with Crippen LogP contribution in [0.1, 0.15) is 32.6 Å². The SMILES string of the molecule is CC1CCN(C2CN(S(=O)(=O)c3ccc(N4C(=O)CCC4=O)cc3)C2)CC1. The van der Waals surface area contributed by atoms with Gasteiger partial charge >= 0.3 is 0 Å². The molecule has 27 heavy (non-hydrogen) atoms. The number of carbonyl (C=O) groups is 2. The molecule has 1 aromatic carbocycles. The van der Waals surface area contributed by atoms with Crippen LogP contribution >= 0.6 is 0 Å². The summed E-state index contributed by atoms with van der Waals surface area (Å²) in [4.78, 5) is 27.4. The van der Waals surface area contributed by atoms with Gasteiger partial charge in [-0.3, -0.25) is 19.4 Å². The van der Waals surface area contributed by atoms with Crippen LogP contribution in [-0.4, -0.2) is 61.7 Å². The lowest BCUT2D eigenvalue weighted by Gasteiger charge is -2.46. The summed E-state index contributed by atoms with van der Waals surface area (Å²) in [6.07, 6.45) is 2.78. The number of benzene rings is 1. The molecule has 3 aliphatic rings. The summed E-state index contributed by atoms with van der Waals surface area (Å²) < 4.78 is 27.1. The van der Waals surface area contributed by atoms with Gasteiger partial charge in [0.2, 0.25) is 21.8 Å². The summed E-state index contributed by atoms with van der Waals surface area (Å²) in [5.41, 5.74) is 0.436. The molecule has 0 saturated carbocycles. The van der Waals surface area contributed by atoms with Crippen LogP contribution in [0.5, 0.6) is 0 Å². The average Bonchev–Trinajstić information content (AvgIpc) is 2.94. The average molecular weight is 391 g/mol. The van der Waals surface area contributed by atoms with Gasteiger partial charge in [-0.25, -0.2) is 8.42 Å². The summed E-state index contributed by atoms with van der Waals surface area (Å²) in [7, 11) is -3.53. The van der Waals surface area contributed by atoms with Crippen molar-refractivity contribution >= 4 is 27.5 Å². The first-order valence-corrected chi connectivity index (χ1v) is 11.0. The summed E-state index contributed by atoms with van der Waals surface area (Å²) in [5, 5.41) is 0. The lowest BCUT2D eigenvalue weighted by Crippen LogP contribution is -2.61. The number of rotatable bonds is 4. The van der Waals surface area contributed by atoms with E-state index in [4.69, 9.17) is 0 Å². The quantitative estimate of drug-likeness (QED) is 0.726. The Morgan fingerprint density at radius 2 is 1.48 bits per heavy atom. The first-order chi connectivity index (χ1) is 12.9. The standard InChI is InChI=1S/C19H25N3O4S/c1-14-8-10-20(11-9-14)16-12-21(13-16)27(25,26)17-4-2-15(3-5-17)22-18(23)6-7-19(22)24/h2-5,14,16H,6-13H2,1H3. The highest BCUT2D eigenvalue weighted by Crippen LogP contribution is 2.29. The summed E-state index contributed by atoms with van der Waals surface area (Å²) in [6.45, 7) is 5.42. The zero-order chi connectivity index (χ0) is 19.2. The van der Waals surface area contributed by atoms with Crippen molar-refractivity contribution in [1.82, 2.24) is 9.21 Å². The van der Waals surface area contributed by atoms with Gasteiger partial charge in [-0.1, -0.05) is 6.92 Å². The first-order valence-electron chi connectivity index (χ1n) is 9.56. The number of likely N-dealkylation sites (tertiary alicyclic amines) is 1. The van der Waals surface area contributed by atoms with Crippen molar-refractivity contribution in [2.75, 3.05) is 31.1 Å². The summed E-state index contributed by atoms with van der Waals surface area (Å²) in [6, 6.07) is 6.36. The van der Waals surface area contributed by atoms with Gasteiger partial charge in [0.15, 0.2) is 0 Å². The number of carbonyl (C=O) groups excluding carboxylic acids is 2. The van der Waals surface area contributed by atoms with Crippen LogP contribution in [0, 0.1) is 5.92 Å². The molecule has 0 spiro atoms. The summed E-state index contributed by atoms with van der Waals surface area (Å²) >= 11 is 0. The molecule has 0 bridgehead atoms. The number of anilines is 1. The molecule has 7 nitrogen and oxygen atoms in total. The van der Waals surface area contributed by atoms with E-state index in [1.165, 1.54) is 41.4 Å². The van der Waals surface area contributed by atoms with Crippen molar-refractivity contribution < 1.29 is 18.0 Å². The van der Waals surface area contributed by atoms with Crippen LogP contribution < -0.4 is 4.90 Å². The molecule has 8 heteroatoms. The molecule has 1 aromatic rings. The van der Waals surface area contributed by atoms with Crippen molar-refractivity contribution in [2.24, 2.45) is 5.92 Å². The van der Waals surface area contributed by atoms with Gasteiger partial charge in [-0.2, -0.15) is 4.31 Å². The molecule has 2 amide bonds. The second-order valence-corrected chi connectivity index (χ2v) is 9.75. The van der Waals surface area contributed by atoms with E-state index in [0.717, 1.165) is 23.9 Å². The molecule has 0 atom stereocenters. The largest absolute Gasteiger partial charge is 0.298 e. The van der Waals surface area contributed by atoms with Gasteiger partial charge in [0.25, 0.3) is 0 Å². The highest BCUT2D eigenvalue weighted by atomic mass is 32.2. The van der Waals surface area contributed by atoms with E-state index < -0.39 is 10.0 Å². The first kappa shape index (κ1) is 18.6. The maximum atomic E-state index is 12.8. The van der Waals surface area contributed by atoms with Crippen LogP contribution in [0.2, 0.25) is 0 Å². The van der Waals surface area contributed by atoms with E-state index in [1.807, 2.05) is 0 Å². The molecule has 0 aromatic heterocycles. The van der Waals surface area contributed by atoms with Gasteiger partial charge in [0, 0.05) is 32.0 Å². The molecule has 0 aliphatic carbocycles. The van der Waals surface area contributed by atoms with Gasteiger partial charge < -0.3 is 0 Å². The molecule has 0 radical (unpaired) electrons.